The van der Waals surface area contributed by atoms with Crippen molar-refractivity contribution in [3.8, 4) is 5.75 Å². The molecule has 0 unspecified atom stereocenters. The molecule has 0 radical (unpaired) electrons. The van der Waals surface area contributed by atoms with Crippen LogP contribution in [0.4, 0.5) is 5.69 Å². The lowest BCUT2D eigenvalue weighted by atomic mass is 10.1. The van der Waals surface area contributed by atoms with Crippen LogP contribution in [0, 0.1) is 13.8 Å². The molecule has 5 nitrogen and oxygen atoms in total. The number of anilines is 1. The third kappa shape index (κ3) is 5.09. The first kappa shape index (κ1) is 19.5. The number of rotatable bonds is 7. The number of carbonyl (C=O) groups is 2. The molecule has 0 fully saturated rings. The van der Waals surface area contributed by atoms with Crippen LogP contribution < -0.4 is 15.0 Å². The summed E-state index contributed by atoms with van der Waals surface area (Å²) in [4.78, 5) is 25.9. The first-order valence-electron chi connectivity index (χ1n) is 8.78. The molecule has 5 heteroatoms. The van der Waals surface area contributed by atoms with Gasteiger partial charge in [0.2, 0.25) is 5.91 Å². The van der Waals surface area contributed by atoms with Crippen molar-refractivity contribution in [1.82, 2.24) is 5.32 Å². The van der Waals surface area contributed by atoms with Gasteiger partial charge in [0.15, 0.2) is 0 Å². The average Bonchev–Trinajstić information content (AvgIpc) is 2.62. The van der Waals surface area contributed by atoms with Crippen LogP contribution in [0.5, 0.6) is 5.75 Å². The van der Waals surface area contributed by atoms with E-state index < -0.39 is 0 Å². The van der Waals surface area contributed by atoms with E-state index in [1.807, 2.05) is 63.2 Å². The monoisotopic (exact) mass is 354 g/mol. The predicted octanol–water partition coefficient (Wildman–Crippen LogP) is 3.49. The van der Waals surface area contributed by atoms with E-state index in [1.54, 1.807) is 4.90 Å². The molecule has 0 heterocycles. The highest BCUT2D eigenvalue weighted by Crippen LogP contribution is 2.19. The van der Waals surface area contributed by atoms with Gasteiger partial charge in [0.25, 0.3) is 5.91 Å². The summed E-state index contributed by atoms with van der Waals surface area (Å²) in [5.74, 6) is 0.556. The van der Waals surface area contributed by atoms with E-state index in [1.165, 1.54) is 6.92 Å². The van der Waals surface area contributed by atoms with Crippen LogP contribution in [0.2, 0.25) is 0 Å². The lowest BCUT2D eigenvalue weighted by Crippen LogP contribution is -2.37. The molecule has 0 aromatic heterocycles. The Labute approximate surface area is 155 Å². The minimum absolute atomic E-state index is 0.0745. The van der Waals surface area contributed by atoms with Gasteiger partial charge < -0.3 is 15.0 Å². The number of carbonyl (C=O) groups excluding carboxylic acids is 2. The van der Waals surface area contributed by atoms with Gasteiger partial charge >= 0.3 is 0 Å². The Morgan fingerprint density at radius 3 is 2.31 bits per heavy atom. The maximum absolute atomic E-state index is 12.3. The standard InChI is InChI=1S/C21H26N2O3/c1-5-26-20-10-8-19(9-11-20)23(17(4)24)13-12-22-21(25)18-7-6-15(2)16(3)14-18/h6-11,14H,5,12-13H2,1-4H3,(H,22,25). The van der Waals surface area contributed by atoms with E-state index in [2.05, 4.69) is 5.32 Å². The summed E-state index contributed by atoms with van der Waals surface area (Å²) in [6, 6.07) is 13.0. The molecule has 26 heavy (non-hydrogen) atoms. The van der Waals surface area contributed by atoms with E-state index in [9.17, 15) is 9.59 Å². The Kier molecular flexibility index (Phi) is 6.78. The Bertz CT molecular complexity index is 769. The van der Waals surface area contributed by atoms with Crippen molar-refractivity contribution in [2.45, 2.75) is 27.7 Å². The first-order chi connectivity index (χ1) is 12.4. The molecule has 0 saturated carbocycles. The number of nitrogens with one attached hydrogen (secondary N) is 1. The van der Waals surface area contributed by atoms with Gasteiger partial charge in [-0.05, 0) is 68.3 Å². The van der Waals surface area contributed by atoms with Crippen LogP contribution in [0.1, 0.15) is 35.3 Å². The number of amides is 2. The van der Waals surface area contributed by atoms with Crippen molar-refractivity contribution in [2.75, 3.05) is 24.6 Å². The molecule has 2 aromatic rings. The van der Waals surface area contributed by atoms with E-state index in [4.69, 9.17) is 4.74 Å². The molecule has 0 aliphatic heterocycles. The summed E-state index contributed by atoms with van der Waals surface area (Å²) in [5.41, 5.74) is 3.64. The Balaban J connectivity index is 1.96. The number of ether oxygens (including phenoxy) is 1. The van der Waals surface area contributed by atoms with Crippen molar-refractivity contribution >= 4 is 17.5 Å². The van der Waals surface area contributed by atoms with Crippen molar-refractivity contribution in [1.29, 1.82) is 0 Å². The van der Waals surface area contributed by atoms with Crippen LogP contribution in [-0.2, 0) is 4.79 Å². The highest BCUT2D eigenvalue weighted by molar-refractivity contribution is 5.95. The highest BCUT2D eigenvalue weighted by Gasteiger charge is 2.13. The zero-order valence-electron chi connectivity index (χ0n) is 15.8. The molecule has 138 valence electrons. The van der Waals surface area contributed by atoms with Crippen molar-refractivity contribution in [3.63, 3.8) is 0 Å². The van der Waals surface area contributed by atoms with Crippen molar-refractivity contribution in [3.05, 3.63) is 59.2 Å². The second-order valence-corrected chi connectivity index (χ2v) is 6.15. The minimum Gasteiger partial charge on any atom is -0.494 e. The molecular weight excluding hydrogens is 328 g/mol. The molecule has 2 amide bonds. The van der Waals surface area contributed by atoms with Crippen molar-refractivity contribution < 1.29 is 14.3 Å². The minimum atomic E-state index is -0.136. The largest absolute Gasteiger partial charge is 0.494 e. The summed E-state index contributed by atoms with van der Waals surface area (Å²) in [7, 11) is 0. The predicted molar refractivity (Wildman–Crippen MR) is 104 cm³/mol. The lowest BCUT2D eigenvalue weighted by molar-refractivity contribution is -0.116. The fraction of sp³-hybridized carbons (Fsp3) is 0.333. The maximum atomic E-state index is 12.3. The molecule has 2 rings (SSSR count). The summed E-state index contributed by atoms with van der Waals surface area (Å²) >= 11 is 0. The van der Waals surface area contributed by atoms with Crippen LogP contribution in [0.3, 0.4) is 0 Å². The normalized spacial score (nSPS) is 10.3. The molecule has 0 aliphatic rings. The molecule has 0 spiro atoms. The molecule has 0 bridgehead atoms. The van der Waals surface area contributed by atoms with Gasteiger partial charge in [0.1, 0.15) is 5.75 Å². The molecule has 0 aliphatic carbocycles. The summed E-state index contributed by atoms with van der Waals surface area (Å²) < 4.78 is 5.42. The molecule has 0 saturated heterocycles. The third-order valence-corrected chi connectivity index (χ3v) is 4.23. The summed E-state index contributed by atoms with van der Waals surface area (Å²) in [6.45, 7) is 8.81. The molecule has 0 atom stereocenters. The van der Waals surface area contributed by atoms with Gasteiger partial charge in [-0.1, -0.05) is 6.07 Å². The molecule has 1 N–H and O–H groups in total. The fourth-order valence-corrected chi connectivity index (χ4v) is 2.62. The zero-order valence-corrected chi connectivity index (χ0v) is 15.8. The SMILES string of the molecule is CCOc1ccc(N(CCNC(=O)c2ccc(C)c(C)c2)C(C)=O)cc1. The third-order valence-electron chi connectivity index (χ3n) is 4.23. The van der Waals surface area contributed by atoms with Crippen LogP contribution in [-0.4, -0.2) is 31.5 Å². The topological polar surface area (TPSA) is 58.6 Å². The zero-order chi connectivity index (χ0) is 19.1. The summed E-state index contributed by atoms with van der Waals surface area (Å²) in [5, 5.41) is 2.87. The van der Waals surface area contributed by atoms with Gasteiger partial charge in [-0.2, -0.15) is 0 Å². The highest BCUT2D eigenvalue weighted by atomic mass is 16.5. The van der Waals surface area contributed by atoms with E-state index in [0.29, 0.717) is 25.3 Å². The van der Waals surface area contributed by atoms with E-state index in [0.717, 1.165) is 22.6 Å². The van der Waals surface area contributed by atoms with Gasteiger partial charge in [-0.15, -0.1) is 0 Å². The van der Waals surface area contributed by atoms with E-state index >= 15 is 0 Å². The van der Waals surface area contributed by atoms with E-state index in [-0.39, 0.29) is 11.8 Å². The number of hydrogen-bond acceptors (Lipinski definition) is 3. The van der Waals surface area contributed by atoms with Gasteiger partial charge in [-0.25, -0.2) is 0 Å². The maximum Gasteiger partial charge on any atom is 0.251 e. The average molecular weight is 354 g/mol. The second-order valence-electron chi connectivity index (χ2n) is 6.15. The van der Waals surface area contributed by atoms with Gasteiger partial charge in [0.05, 0.1) is 6.61 Å². The smallest absolute Gasteiger partial charge is 0.251 e. The summed E-state index contributed by atoms with van der Waals surface area (Å²) in [6.07, 6.45) is 0. The van der Waals surface area contributed by atoms with Crippen molar-refractivity contribution in [2.24, 2.45) is 0 Å². The van der Waals surface area contributed by atoms with Crippen LogP contribution in [0.25, 0.3) is 0 Å². The number of nitrogens with zero attached hydrogens (tertiary/aromatic N) is 1. The van der Waals surface area contributed by atoms with Gasteiger partial charge in [-0.3, -0.25) is 9.59 Å². The molecular formula is C21H26N2O3. The molecule has 2 aromatic carbocycles. The van der Waals surface area contributed by atoms with Crippen LogP contribution in [0.15, 0.2) is 42.5 Å². The number of hydrogen-bond donors (Lipinski definition) is 1. The van der Waals surface area contributed by atoms with Crippen LogP contribution >= 0.6 is 0 Å². The second kappa shape index (κ2) is 9.04. The number of aryl methyl sites for hydroxylation is 2. The Morgan fingerprint density at radius 2 is 1.73 bits per heavy atom. The first-order valence-corrected chi connectivity index (χ1v) is 8.78. The lowest BCUT2D eigenvalue weighted by Gasteiger charge is -2.21. The van der Waals surface area contributed by atoms with Gasteiger partial charge in [0, 0.05) is 31.3 Å². The fourth-order valence-electron chi connectivity index (χ4n) is 2.62. The quantitative estimate of drug-likeness (QED) is 0.828. The Hall–Kier alpha value is -2.82. The number of benzene rings is 2. The Morgan fingerprint density at radius 1 is 1.04 bits per heavy atom.